The van der Waals surface area contributed by atoms with Gasteiger partial charge in [-0.3, -0.25) is 5.10 Å². The van der Waals surface area contributed by atoms with E-state index in [0.717, 1.165) is 11.1 Å². The lowest BCUT2D eigenvalue weighted by Crippen LogP contribution is -2.13. The van der Waals surface area contributed by atoms with Gasteiger partial charge in [-0.05, 0) is 12.5 Å². The highest BCUT2D eigenvalue weighted by atomic mass is 32.2. The van der Waals surface area contributed by atoms with E-state index >= 15 is 0 Å². The molecule has 0 bridgehead atoms. The van der Waals surface area contributed by atoms with E-state index in [2.05, 4.69) is 15.2 Å². The largest absolute Gasteiger partial charge is 0.282 e. The van der Waals surface area contributed by atoms with Crippen LogP contribution in [-0.4, -0.2) is 23.6 Å². The van der Waals surface area contributed by atoms with Crippen LogP contribution in [0.15, 0.2) is 29.4 Å². The standard InChI is InChI=1S/C10H12N4O2S/c1-7-2-4-8(5-3-7)6-9-12-10(14-13-9)17(11,15)16/h2-5H,6H2,1H3,(H2,11,15,16)(H,12,13,14). The van der Waals surface area contributed by atoms with Crippen LogP contribution in [0.1, 0.15) is 17.0 Å². The van der Waals surface area contributed by atoms with E-state index < -0.39 is 10.0 Å². The van der Waals surface area contributed by atoms with Gasteiger partial charge in [-0.1, -0.05) is 29.8 Å². The van der Waals surface area contributed by atoms with Gasteiger partial charge in [-0.25, -0.2) is 18.5 Å². The molecular weight excluding hydrogens is 240 g/mol. The summed E-state index contributed by atoms with van der Waals surface area (Å²) < 4.78 is 22.0. The Hall–Kier alpha value is -1.73. The second-order valence-electron chi connectivity index (χ2n) is 3.77. The van der Waals surface area contributed by atoms with Crippen molar-refractivity contribution >= 4 is 10.0 Å². The highest BCUT2D eigenvalue weighted by Gasteiger charge is 2.14. The first-order chi connectivity index (χ1) is 7.95. The average Bonchev–Trinajstić information content (AvgIpc) is 2.69. The predicted octanol–water partition coefficient (Wildman–Crippen LogP) is 0.351. The van der Waals surface area contributed by atoms with Gasteiger partial charge in [0.2, 0.25) is 0 Å². The minimum atomic E-state index is -3.83. The molecule has 0 unspecified atom stereocenters. The average molecular weight is 252 g/mol. The third-order valence-corrected chi connectivity index (χ3v) is 2.95. The molecule has 2 rings (SSSR count). The van der Waals surface area contributed by atoms with Crippen LogP contribution in [0.3, 0.4) is 0 Å². The number of rotatable bonds is 3. The fraction of sp³-hybridized carbons (Fsp3) is 0.200. The molecule has 0 atom stereocenters. The molecule has 17 heavy (non-hydrogen) atoms. The monoisotopic (exact) mass is 252 g/mol. The Kier molecular flexibility index (Phi) is 2.95. The Morgan fingerprint density at radius 3 is 2.47 bits per heavy atom. The number of aryl methyl sites for hydroxylation is 1. The van der Waals surface area contributed by atoms with Crippen molar-refractivity contribution in [2.45, 2.75) is 18.5 Å². The summed E-state index contributed by atoms with van der Waals surface area (Å²) in [5.74, 6) is 0.470. The van der Waals surface area contributed by atoms with Gasteiger partial charge in [-0.2, -0.15) is 0 Å². The number of H-pyrrole nitrogens is 1. The highest BCUT2D eigenvalue weighted by Crippen LogP contribution is 2.08. The van der Waals surface area contributed by atoms with E-state index in [9.17, 15) is 8.42 Å². The predicted molar refractivity (Wildman–Crippen MR) is 61.7 cm³/mol. The van der Waals surface area contributed by atoms with Crippen LogP contribution in [0.5, 0.6) is 0 Å². The van der Waals surface area contributed by atoms with E-state index in [1.807, 2.05) is 31.2 Å². The van der Waals surface area contributed by atoms with Gasteiger partial charge in [0.1, 0.15) is 5.82 Å². The molecule has 90 valence electrons. The number of aromatic nitrogens is 3. The zero-order valence-electron chi connectivity index (χ0n) is 9.21. The van der Waals surface area contributed by atoms with Crippen molar-refractivity contribution in [3.63, 3.8) is 0 Å². The van der Waals surface area contributed by atoms with E-state index in [4.69, 9.17) is 5.14 Å². The van der Waals surface area contributed by atoms with Gasteiger partial charge in [0, 0.05) is 6.42 Å². The normalized spacial score (nSPS) is 11.6. The molecule has 2 aromatic rings. The molecule has 0 aliphatic rings. The van der Waals surface area contributed by atoms with Crippen molar-refractivity contribution in [1.82, 2.24) is 15.2 Å². The minimum Gasteiger partial charge on any atom is -0.262 e. The fourth-order valence-corrected chi connectivity index (χ4v) is 1.79. The van der Waals surface area contributed by atoms with E-state index in [1.165, 1.54) is 0 Å². The molecule has 0 amide bonds. The number of nitrogens with zero attached hydrogens (tertiary/aromatic N) is 2. The van der Waals surface area contributed by atoms with Crippen molar-refractivity contribution in [3.05, 3.63) is 41.2 Å². The lowest BCUT2D eigenvalue weighted by Gasteiger charge is -1.98. The molecule has 0 spiro atoms. The maximum Gasteiger partial charge on any atom is 0.282 e. The number of nitrogens with two attached hydrogens (primary N) is 1. The lowest BCUT2D eigenvalue weighted by molar-refractivity contribution is 0.589. The van der Waals surface area contributed by atoms with Crippen molar-refractivity contribution in [3.8, 4) is 0 Å². The summed E-state index contributed by atoms with van der Waals surface area (Å²) >= 11 is 0. The Balaban J connectivity index is 2.20. The summed E-state index contributed by atoms with van der Waals surface area (Å²) in [6.07, 6.45) is 0.489. The van der Waals surface area contributed by atoms with Crippen LogP contribution in [0.25, 0.3) is 0 Å². The zero-order valence-corrected chi connectivity index (χ0v) is 10.0. The van der Waals surface area contributed by atoms with Gasteiger partial charge >= 0.3 is 0 Å². The Morgan fingerprint density at radius 1 is 1.29 bits per heavy atom. The number of aromatic amines is 1. The summed E-state index contributed by atoms with van der Waals surface area (Å²) in [5.41, 5.74) is 2.18. The molecule has 0 saturated carbocycles. The number of primary sulfonamides is 1. The van der Waals surface area contributed by atoms with Gasteiger partial charge in [-0.15, -0.1) is 5.10 Å². The number of nitrogens with one attached hydrogen (secondary N) is 1. The summed E-state index contributed by atoms with van der Waals surface area (Å²) in [5, 5.41) is 10.6. The second-order valence-corrected chi connectivity index (χ2v) is 5.23. The van der Waals surface area contributed by atoms with Gasteiger partial charge in [0.15, 0.2) is 0 Å². The third-order valence-electron chi connectivity index (χ3n) is 2.26. The van der Waals surface area contributed by atoms with Gasteiger partial charge < -0.3 is 0 Å². The summed E-state index contributed by atoms with van der Waals surface area (Å²) in [6.45, 7) is 2.00. The quantitative estimate of drug-likeness (QED) is 0.822. The molecule has 0 fully saturated rings. The molecule has 3 N–H and O–H groups in total. The Labute approximate surface area is 98.9 Å². The molecule has 0 saturated heterocycles. The summed E-state index contributed by atoms with van der Waals surface area (Å²) in [6, 6.07) is 7.86. The molecule has 1 aromatic carbocycles. The molecule has 6 nitrogen and oxygen atoms in total. The van der Waals surface area contributed by atoms with Crippen LogP contribution in [-0.2, 0) is 16.4 Å². The zero-order chi connectivity index (χ0) is 12.5. The molecule has 1 heterocycles. The van der Waals surface area contributed by atoms with Gasteiger partial charge in [0.05, 0.1) is 0 Å². The van der Waals surface area contributed by atoms with E-state index in [-0.39, 0.29) is 5.16 Å². The second kappa shape index (κ2) is 4.27. The molecule has 7 heteroatoms. The summed E-state index contributed by atoms with van der Waals surface area (Å²) in [4.78, 5) is 3.82. The number of hydrogen-bond acceptors (Lipinski definition) is 4. The van der Waals surface area contributed by atoms with Gasteiger partial charge in [0.25, 0.3) is 15.2 Å². The molecule has 0 aliphatic carbocycles. The first-order valence-corrected chi connectivity index (χ1v) is 6.49. The number of benzene rings is 1. The van der Waals surface area contributed by atoms with Crippen LogP contribution in [0.2, 0.25) is 0 Å². The van der Waals surface area contributed by atoms with Crippen molar-refractivity contribution in [2.24, 2.45) is 5.14 Å². The Morgan fingerprint density at radius 2 is 1.94 bits per heavy atom. The van der Waals surface area contributed by atoms with Crippen LogP contribution in [0, 0.1) is 6.92 Å². The maximum atomic E-state index is 11.0. The Bertz CT molecular complexity index is 616. The highest BCUT2D eigenvalue weighted by molar-refractivity contribution is 7.89. The molecular formula is C10H12N4O2S. The third kappa shape index (κ3) is 2.89. The SMILES string of the molecule is Cc1ccc(Cc2nc(S(N)(=O)=O)n[nH]2)cc1. The first-order valence-electron chi connectivity index (χ1n) is 4.95. The van der Waals surface area contributed by atoms with E-state index in [1.54, 1.807) is 0 Å². The number of hydrogen-bond donors (Lipinski definition) is 2. The first kappa shape index (κ1) is 11.7. The topological polar surface area (TPSA) is 102 Å². The molecule has 0 radical (unpaired) electrons. The van der Waals surface area contributed by atoms with Crippen LogP contribution < -0.4 is 5.14 Å². The molecule has 0 aliphatic heterocycles. The van der Waals surface area contributed by atoms with Crippen LogP contribution in [0.4, 0.5) is 0 Å². The van der Waals surface area contributed by atoms with Crippen molar-refractivity contribution in [1.29, 1.82) is 0 Å². The summed E-state index contributed by atoms with van der Waals surface area (Å²) in [7, 11) is -3.83. The van der Waals surface area contributed by atoms with E-state index in [0.29, 0.717) is 12.2 Å². The maximum absolute atomic E-state index is 11.0. The number of sulfonamides is 1. The van der Waals surface area contributed by atoms with Crippen molar-refractivity contribution < 1.29 is 8.42 Å². The molecule has 1 aromatic heterocycles. The lowest BCUT2D eigenvalue weighted by atomic mass is 10.1. The minimum absolute atomic E-state index is 0.375. The van der Waals surface area contributed by atoms with Crippen LogP contribution >= 0.6 is 0 Å². The van der Waals surface area contributed by atoms with Crippen molar-refractivity contribution in [2.75, 3.05) is 0 Å². The fourth-order valence-electron chi connectivity index (χ4n) is 1.38. The smallest absolute Gasteiger partial charge is 0.262 e.